The van der Waals surface area contributed by atoms with E-state index < -0.39 is 6.09 Å². The van der Waals surface area contributed by atoms with E-state index in [1.165, 1.54) is 4.90 Å². The SMILES string of the molecule is CC(C)C1OC(=O)N(C(C)(C)C)C1=N. The van der Waals surface area contributed by atoms with Gasteiger partial charge < -0.3 is 4.74 Å². The van der Waals surface area contributed by atoms with E-state index in [0.717, 1.165) is 0 Å². The van der Waals surface area contributed by atoms with Crippen molar-refractivity contribution in [3.63, 3.8) is 0 Å². The summed E-state index contributed by atoms with van der Waals surface area (Å²) in [6.45, 7) is 9.57. The smallest absolute Gasteiger partial charge is 0.416 e. The minimum absolute atomic E-state index is 0.152. The number of nitrogens with one attached hydrogen (secondary N) is 1. The van der Waals surface area contributed by atoms with Crippen molar-refractivity contribution in [3.05, 3.63) is 0 Å². The lowest BCUT2D eigenvalue weighted by Crippen LogP contribution is -2.46. The number of amidine groups is 1. The Morgan fingerprint density at radius 1 is 1.43 bits per heavy atom. The molecule has 4 nitrogen and oxygen atoms in total. The van der Waals surface area contributed by atoms with Crippen LogP contribution >= 0.6 is 0 Å². The summed E-state index contributed by atoms with van der Waals surface area (Å²) < 4.78 is 5.14. The first kappa shape index (κ1) is 11.0. The van der Waals surface area contributed by atoms with E-state index in [4.69, 9.17) is 10.1 Å². The average molecular weight is 198 g/mol. The largest absolute Gasteiger partial charge is 0.437 e. The molecule has 1 saturated heterocycles. The number of rotatable bonds is 1. The Morgan fingerprint density at radius 2 is 1.93 bits per heavy atom. The zero-order chi connectivity index (χ0) is 11.1. The molecule has 1 aliphatic heterocycles. The highest BCUT2D eigenvalue weighted by atomic mass is 16.6. The van der Waals surface area contributed by atoms with Gasteiger partial charge in [0.25, 0.3) is 0 Å². The molecule has 0 saturated carbocycles. The van der Waals surface area contributed by atoms with Gasteiger partial charge in [-0.2, -0.15) is 0 Å². The number of hydrogen-bond donors (Lipinski definition) is 1. The highest BCUT2D eigenvalue weighted by molar-refractivity contribution is 6.02. The van der Waals surface area contributed by atoms with E-state index >= 15 is 0 Å². The van der Waals surface area contributed by atoms with Gasteiger partial charge in [0, 0.05) is 5.54 Å². The first-order valence-electron chi connectivity index (χ1n) is 4.84. The Balaban J connectivity index is 2.92. The van der Waals surface area contributed by atoms with Gasteiger partial charge in [0.15, 0.2) is 6.10 Å². The van der Waals surface area contributed by atoms with E-state index in [1.807, 2.05) is 34.6 Å². The lowest BCUT2D eigenvalue weighted by molar-refractivity contribution is 0.107. The van der Waals surface area contributed by atoms with Crippen LogP contribution in [0.2, 0.25) is 0 Å². The van der Waals surface area contributed by atoms with Crippen LogP contribution in [0.1, 0.15) is 34.6 Å². The van der Waals surface area contributed by atoms with Crippen LogP contribution < -0.4 is 0 Å². The van der Waals surface area contributed by atoms with Crippen LogP contribution in [0.3, 0.4) is 0 Å². The second-order valence-electron chi connectivity index (χ2n) is 4.94. The molecule has 0 bridgehead atoms. The molecule has 4 heteroatoms. The third kappa shape index (κ3) is 1.74. The quantitative estimate of drug-likeness (QED) is 0.702. The van der Waals surface area contributed by atoms with Gasteiger partial charge in [-0.15, -0.1) is 0 Å². The van der Waals surface area contributed by atoms with E-state index in [-0.39, 0.29) is 23.4 Å². The molecule has 1 unspecified atom stereocenters. The maximum atomic E-state index is 11.5. The molecule has 0 spiro atoms. The van der Waals surface area contributed by atoms with Crippen molar-refractivity contribution >= 4 is 11.9 Å². The monoisotopic (exact) mass is 198 g/mol. The van der Waals surface area contributed by atoms with Crippen molar-refractivity contribution in [2.45, 2.75) is 46.3 Å². The first-order valence-corrected chi connectivity index (χ1v) is 4.84. The van der Waals surface area contributed by atoms with Gasteiger partial charge in [0.1, 0.15) is 5.84 Å². The van der Waals surface area contributed by atoms with Crippen LogP contribution in [0.15, 0.2) is 0 Å². The van der Waals surface area contributed by atoms with Crippen molar-refractivity contribution in [2.24, 2.45) is 5.92 Å². The third-order valence-corrected chi connectivity index (χ3v) is 2.20. The maximum absolute atomic E-state index is 11.5. The summed E-state index contributed by atoms with van der Waals surface area (Å²) in [6.07, 6.45) is -0.789. The fourth-order valence-corrected chi connectivity index (χ4v) is 1.53. The van der Waals surface area contributed by atoms with Gasteiger partial charge in [-0.25, -0.2) is 4.79 Å². The van der Waals surface area contributed by atoms with E-state index in [2.05, 4.69) is 0 Å². The van der Waals surface area contributed by atoms with Crippen molar-refractivity contribution < 1.29 is 9.53 Å². The minimum atomic E-state index is -0.402. The molecule has 0 aromatic heterocycles. The molecule has 1 heterocycles. The summed E-state index contributed by atoms with van der Waals surface area (Å²) in [5, 5.41) is 7.86. The van der Waals surface area contributed by atoms with E-state index in [9.17, 15) is 4.79 Å². The lowest BCUT2D eigenvalue weighted by Gasteiger charge is -2.29. The first-order chi connectivity index (χ1) is 6.25. The van der Waals surface area contributed by atoms with Crippen molar-refractivity contribution in [3.8, 4) is 0 Å². The molecule has 0 radical (unpaired) electrons. The predicted octanol–water partition coefficient (Wildman–Crippen LogP) is 2.24. The zero-order valence-corrected chi connectivity index (χ0v) is 9.42. The summed E-state index contributed by atoms with van der Waals surface area (Å²) in [4.78, 5) is 12.9. The lowest BCUT2D eigenvalue weighted by atomic mass is 10.0. The Kier molecular flexibility index (Phi) is 2.56. The molecule has 1 aliphatic rings. The Hall–Kier alpha value is -1.06. The minimum Gasteiger partial charge on any atom is -0.437 e. The second-order valence-corrected chi connectivity index (χ2v) is 4.94. The van der Waals surface area contributed by atoms with E-state index in [1.54, 1.807) is 0 Å². The van der Waals surface area contributed by atoms with Gasteiger partial charge in [-0.3, -0.25) is 10.3 Å². The van der Waals surface area contributed by atoms with Gasteiger partial charge >= 0.3 is 6.09 Å². The molecule has 1 fully saturated rings. The second kappa shape index (κ2) is 3.26. The van der Waals surface area contributed by atoms with Crippen LogP contribution in [0, 0.1) is 11.3 Å². The van der Waals surface area contributed by atoms with Crippen LogP contribution in [0.4, 0.5) is 4.79 Å². The number of carbonyl (C=O) groups excluding carboxylic acids is 1. The molecule has 1 N–H and O–H groups in total. The number of cyclic esters (lactones) is 1. The molecular weight excluding hydrogens is 180 g/mol. The molecule has 14 heavy (non-hydrogen) atoms. The number of hydrogen-bond acceptors (Lipinski definition) is 3. The molecule has 1 rings (SSSR count). The molecule has 0 aromatic rings. The Bertz CT molecular complexity index is 266. The molecule has 80 valence electrons. The standard InChI is InChI=1S/C10H18N2O2/c1-6(2)7-8(11)12(9(13)14-7)10(3,4)5/h6-7,11H,1-5H3. The highest BCUT2D eigenvalue weighted by Crippen LogP contribution is 2.26. The molecule has 1 amide bonds. The van der Waals surface area contributed by atoms with Crippen molar-refractivity contribution in [2.75, 3.05) is 0 Å². The summed E-state index contributed by atoms with van der Waals surface area (Å²) in [5.74, 6) is 0.427. The molecule has 0 aromatic carbocycles. The summed E-state index contributed by atoms with van der Waals surface area (Å²) >= 11 is 0. The van der Waals surface area contributed by atoms with Crippen LogP contribution in [0.25, 0.3) is 0 Å². The fraction of sp³-hybridized carbons (Fsp3) is 0.800. The predicted molar refractivity (Wildman–Crippen MR) is 54.4 cm³/mol. The molecular formula is C10H18N2O2. The fourth-order valence-electron chi connectivity index (χ4n) is 1.53. The zero-order valence-electron chi connectivity index (χ0n) is 9.42. The van der Waals surface area contributed by atoms with E-state index in [0.29, 0.717) is 0 Å². The molecule has 0 aliphatic carbocycles. The van der Waals surface area contributed by atoms with Gasteiger partial charge in [-0.1, -0.05) is 13.8 Å². The third-order valence-electron chi connectivity index (χ3n) is 2.20. The van der Waals surface area contributed by atoms with Crippen LogP contribution in [-0.2, 0) is 4.74 Å². The van der Waals surface area contributed by atoms with Crippen LogP contribution in [-0.4, -0.2) is 28.5 Å². The Labute approximate surface area is 84.7 Å². The maximum Gasteiger partial charge on any atom is 0.416 e. The molecule has 1 atom stereocenters. The normalized spacial score (nSPS) is 23.3. The van der Waals surface area contributed by atoms with Crippen molar-refractivity contribution in [1.82, 2.24) is 4.90 Å². The van der Waals surface area contributed by atoms with Gasteiger partial charge in [-0.05, 0) is 26.7 Å². The van der Waals surface area contributed by atoms with Crippen LogP contribution in [0.5, 0.6) is 0 Å². The summed E-state index contributed by atoms with van der Waals surface area (Å²) in [5.41, 5.74) is -0.377. The summed E-state index contributed by atoms with van der Waals surface area (Å²) in [6, 6.07) is 0. The van der Waals surface area contributed by atoms with Gasteiger partial charge in [0.2, 0.25) is 0 Å². The number of ether oxygens (including phenoxy) is 1. The topological polar surface area (TPSA) is 53.4 Å². The number of amides is 1. The summed E-state index contributed by atoms with van der Waals surface area (Å²) in [7, 11) is 0. The number of nitrogens with zero attached hydrogens (tertiary/aromatic N) is 1. The Morgan fingerprint density at radius 3 is 2.14 bits per heavy atom. The highest BCUT2D eigenvalue weighted by Gasteiger charge is 2.44. The number of carbonyl (C=O) groups is 1. The van der Waals surface area contributed by atoms with Crippen molar-refractivity contribution in [1.29, 1.82) is 5.41 Å². The van der Waals surface area contributed by atoms with Gasteiger partial charge in [0.05, 0.1) is 0 Å². The average Bonchev–Trinajstić information content (AvgIpc) is 2.24.